The Bertz CT molecular complexity index is 941. The number of rotatable bonds is 5. The zero-order valence-electron chi connectivity index (χ0n) is 17.6. The van der Waals surface area contributed by atoms with Crippen LogP contribution in [0.15, 0.2) is 54.6 Å². The molecule has 168 valence electrons. The van der Waals surface area contributed by atoms with E-state index in [0.717, 1.165) is 17.2 Å². The van der Waals surface area contributed by atoms with Gasteiger partial charge in [0.1, 0.15) is 0 Å². The number of nitrogens with zero attached hydrogens (tertiary/aromatic N) is 2. The van der Waals surface area contributed by atoms with Gasteiger partial charge >= 0.3 is 12.0 Å². The van der Waals surface area contributed by atoms with Crippen molar-refractivity contribution < 1.29 is 19.1 Å². The molecule has 2 aliphatic rings. The molecule has 0 unspecified atom stereocenters. The van der Waals surface area contributed by atoms with E-state index < -0.39 is 5.97 Å². The maximum atomic E-state index is 12.5. The Kier molecular flexibility index (Phi) is 7.59. The van der Waals surface area contributed by atoms with E-state index in [1.807, 2.05) is 66.0 Å². The van der Waals surface area contributed by atoms with Crippen LogP contribution in [0.4, 0.5) is 10.5 Å². The third-order valence-electron chi connectivity index (χ3n) is 5.31. The van der Waals surface area contributed by atoms with Gasteiger partial charge in [-0.2, -0.15) is 0 Å². The van der Waals surface area contributed by atoms with Crippen LogP contribution in [0.1, 0.15) is 20.5 Å². The molecule has 2 saturated heterocycles. The van der Waals surface area contributed by atoms with Crippen LogP contribution in [0.5, 0.6) is 0 Å². The van der Waals surface area contributed by atoms with Gasteiger partial charge in [-0.3, -0.25) is 4.79 Å². The van der Waals surface area contributed by atoms with Gasteiger partial charge in [-0.05, 0) is 29.8 Å². The van der Waals surface area contributed by atoms with Gasteiger partial charge in [-0.15, -0.1) is 23.5 Å². The van der Waals surface area contributed by atoms with E-state index in [2.05, 4.69) is 5.32 Å². The van der Waals surface area contributed by atoms with Crippen molar-refractivity contribution in [2.45, 2.75) is 4.58 Å². The first-order valence-corrected chi connectivity index (χ1v) is 12.6. The van der Waals surface area contributed by atoms with Crippen molar-refractivity contribution in [2.75, 3.05) is 49.6 Å². The molecule has 2 fully saturated rings. The topological polar surface area (TPSA) is 79.0 Å². The molecule has 0 bridgehead atoms. The van der Waals surface area contributed by atoms with Gasteiger partial charge in [-0.1, -0.05) is 30.3 Å². The molecule has 0 aromatic heterocycles. The van der Waals surface area contributed by atoms with E-state index >= 15 is 0 Å². The third kappa shape index (κ3) is 5.77. The van der Waals surface area contributed by atoms with Gasteiger partial charge in [0.2, 0.25) is 0 Å². The van der Waals surface area contributed by atoms with Gasteiger partial charge in [-0.25, -0.2) is 9.59 Å². The Morgan fingerprint density at radius 1 is 0.875 bits per heavy atom. The fourth-order valence-electron chi connectivity index (χ4n) is 3.51. The first-order chi connectivity index (χ1) is 15.6. The third-order valence-corrected chi connectivity index (χ3v) is 8.42. The smallest absolute Gasteiger partial charge is 0.338 e. The van der Waals surface area contributed by atoms with Crippen LogP contribution in [0.2, 0.25) is 0 Å². The van der Waals surface area contributed by atoms with E-state index in [1.54, 1.807) is 21.9 Å². The molecule has 0 spiro atoms. The number of carbonyl (C=O) groups excluding carboxylic acids is 3. The molecule has 0 radical (unpaired) electrons. The summed E-state index contributed by atoms with van der Waals surface area (Å²) < 4.78 is 5.65. The Morgan fingerprint density at radius 2 is 1.50 bits per heavy atom. The molecule has 2 aromatic rings. The van der Waals surface area contributed by atoms with Crippen molar-refractivity contribution in [3.05, 3.63) is 65.7 Å². The van der Waals surface area contributed by atoms with Gasteiger partial charge in [0, 0.05) is 43.4 Å². The van der Waals surface area contributed by atoms with E-state index in [0.29, 0.717) is 36.3 Å². The maximum absolute atomic E-state index is 12.5. The first-order valence-electron chi connectivity index (χ1n) is 10.5. The lowest BCUT2D eigenvalue weighted by atomic mass is 10.1. The molecule has 2 aliphatic heterocycles. The summed E-state index contributed by atoms with van der Waals surface area (Å²) in [5, 5.41) is 2.85. The second-order valence-corrected chi connectivity index (χ2v) is 10.2. The second-order valence-electron chi connectivity index (χ2n) is 7.44. The highest BCUT2D eigenvalue weighted by atomic mass is 32.2. The highest BCUT2D eigenvalue weighted by Gasteiger charge is 2.25. The highest BCUT2D eigenvalue weighted by molar-refractivity contribution is 8.19. The summed E-state index contributed by atoms with van der Waals surface area (Å²) in [7, 11) is 0. The molecule has 32 heavy (non-hydrogen) atoms. The maximum Gasteiger partial charge on any atom is 0.338 e. The van der Waals surface area contributed by atoms with Crippen molar-refractivity contribution >= 4 is 47.1 Å². The van der Waals surface area contributed by atoms with Gasteiger partial charge < -0.3 is 19.9 Å². The number of urea groups is 1. The quantitative estimate of drug-likeness (QED) is 0.670. The average molecular weight is 472 g/mol. The summed E-state index contributed by atoms with van der Waals surface area (Å²) in [6.45, 7) is 1.37. The number of hydrogen-bond acceptors (Lipinski definition) is 6. The number of ether oxygens (including phenoxy) is 1. The molecule has 2 aromatic carbocycles. The molecule has 3 amide bonds. The largest absolute Gasteiger partial charge is 0.452 e. The summed E-state index contributed by atoms with van der Waals surface area (Å²) in [5.41, 5.74) is 2.37. The van der Waals surface area contributed by atoms with Crippen LogP contribution >= 0.6 is 23.5 Å². The van der Waals surface area contributed by atoms with Crippen molar-refractivity contribution in [2.24, 2.45) is 0 Å². The predicted octanol–water partition coefficient (Wildman–Crippen LogP) is 3.70. The highest BCUT2D eigenvalue weighted by Crippen LogP contribution is 2.45. The summed E-state index contributed by atoms with van der Waals surface area (Å²) in [5.74, 6) is 1.54. The number of amides is 3. The average Bonchev–Trinajstić information content (AvgIpc) is 3.38. The van der Waals surface area contributed by atoms with Crippen LogP contribution in [0.3, 0.4) is 0 Å². The van der Waals surface area contributed by atoms with Crippen molar-refractivity contribution in [3.63, 3.8) is 0 Å². The van der Waals surface area contributed by atoms with Crippen LogP contribution < -0.4 is 5.32 Å². The Hall–Kier alpha value is -2.65. The van der Waals surface area contributed by atoms with Crippen LogP contribution in [0.25, 0.3) is 0 Å². The van der Waals surface area contributed by atoms with E-state index in [4.69, 9.17) is 4.74 Å². The van der Waals surface area contributed by atoms with Crippen molar-refractivity contribution in [1.82, 2.24) is 9.80 Å². The number of anilines is 1. The summed E-state index contributed by atoms with van der Waals surface area (Å²) >= 11 is 3.82. The minimum Gasteiger partial charge on any atom is -0.452 e. The van der Waals surface area contributed by atoms with E-state index in [-0.39, 0.29) is 18.5 Å². The monoisotopic (exact) mass is 471 g/mol. The van der Waals surface area contributed by atoms with Crippen LogP contribution in [0, 0.1) is 0 Å². The van der Waals surface area contributed by atoms with Gasteiger partial charge in [0.15, 0.2) is 6.61 Å². The minimum absolute atomic E-state index is 0.187. The number of carbonyl (C=O) groups is 3. The lowest BCUT2D eigenvalue weighted by Crippen LogP contribution is -2.52. The van der Waals surface area contributed by atoms with Crippen molar-refractivity contribution in [3.8, 4) is 0 Å². The summed E-state index contributed by atoms with van der Waals surface area (Å²) in [4.78, 5) is 40.4. The minimum atomic E-state index is -0.502. The molecule has 0 aliphatic carbocycles. The van der Waals surface area contributed by atoms with Crippen LogP contribution in [-0.4, -0.2) is 72.0 Å². The normalized spacial score (nSPS) is 16.6. The van der Waals surface area contributed by atoms with E-state index in [1.165, 1.54) is 5.56 Å². The van der Waals surface area contributed by atoms with Crippen molar-refractivity contribution in [1.29, 1.82) is 0 Å². The lowest BCUT2D eigenvalue weighted by Gasteiger charge is -2.34. The lowest BCUT2D eigenvalue weighted by molar-refractivity contribution is -0.135. The van der Waals surface area contributed by atoms with Gasteiger partial charge in [0.25, 0.3) is 5.91 Å². The molecular formula is C23H25N3O4S2. The molecule has 0 saturated carbocycles. The molecular weight excluding hydrogens is 446 g/mol. The standard InChI is InChI=1S/C23H25N3O4S2/c27-20(16-30-21(28)17-6-8-18(9-7-17)22-31-14-15-32-22)25-10-12-26(13-11-25)23(29)24-19-4-2-1-3-5-19/h1-9,22H,10-16H2,(H,24,29). The zero-order valence-corrected chi connectivity index (χ0v) is 19.2. The fraction of sp³-hybridized carbons (Fsp3) is 0.348. The second kappa shape index (κ2) is 10.8. The summed E-state index contributed by atoms with van der Waals surface area (Å²) in [6, 6.07) is 16.5. The first kappa shape index (κ1) is 22.5. The molecule has 1 N–H and O–H groups in total. The number of hydrogen-bond donors (Lipinski definition) is 1. The molecule has 4 rings (SSSR count). The number of benzene rings is 2. The number of esters is 1. The number of nitrogens with one attached hydrogen (secondary N) is 1. The zero-order chi connectivity index (χ0) is 22.3. The number of para-hydroxylation sites is 1. The molecule has 2 heterocycles. The van der Waals surface area contributed by atoms with Gasteiger partial charge in [0.05, 0.1) is 10.1 Å². The SMILES string of the molecule is O=C(OCC(=O)N1CCN(C(=O)Nc2ccccc2)CC1)c1ccc(C2SCCS2)cc1. The molecule has 0 atom stereocenters. The summed E-state index contributed by atoms with van der Waals surface area (Å²) in [6.07, 6.45) is 0. The van der Waals surface area contributed by atoms with E-state index in [9.17, 15) is 14.4 Å². The number of piperazine rings is 1. The Labute approximate surface area is 195 Å². The molecule has 9 heteroatoms. The fourth-order valence-corrected chi connectivity index (χ4v) is 6.37. The van der Waals surface area contributed by atoms with Crippen LogP contribution in [-0.2, 0) is 9.53 Å². The number of thioether (sulfide) groups is 2. The predicted molar refractivity (Wildman–Crippen MR) is 128 cm³/mol. The Balaban J connectivity index is 1.20. The molecule has 7 nitrogen and oxygen atoms in total. The Morgan fingerprint density at radius 3 is 2.16 bits per heavy atom.